The smallest absolute Gasteiger partial charge is 0.296 e. The van der Waals surface area contributed by atoms with Crippen molar-refractivity contribution in [2.24, 2.45) is 0 Å². The molecule has 1 unspecified atom stereocenters. The quantitative estimate of drug-likeness (QED) is 0.486. The first kappa shape index (κ1) is 20.3. The van der Waals surface area contributed by atoms with E-state index in [-0.39, 0.29) is 18.7 Å². The summed E-state index contributed by atoms with van der Waals surface area (Å²) in [4.78, 5) is 12.8. The van der Waals surface area contributed by atoms with Crippen LogP contribution < -0.4 is 5.56 Å². The molecule has 0 fully saturated rings. The molecule has 0 aliphatic rings. The van der Waals surface area contributed by atoms with Gasteiger partial charge in [-0.25, -0.2) is 4.68 Å². The first-order valence-electron chi connectivity index (χ1n) is 9.45. The third-order valence-corrected chi connectivity index (χ3v) is 4.93. The van der Waals surface area contributed by atoms with Crippen molar-refractivity contribution in [2.45, 2.75) is 26.2 Å². The minimum absolute atomic E-state index is 0.0267. The summed E-state index contributed by atoms with van der Waals surface area (Å²) in [6, 6.07) is 16.7. The molecule has 2 aromatic heterocycles. The Kier molecular flexibility index (Phi) is 5.94. The van der Waals surface area contributed by atoms with Gasteiger partial charge in [-0.05, 0) is 24.6 Å². The molecule has 1 N–H and O–H groups in total. The average molecular weight is 426 g/mol. The molecule has 4 aromatic rings. The van der Waals surface area contributed by atoms with Crippen molar-refractivity contribution < 1.29 is 14.4 Å². The lowest BCUT2D eigenvalue weighted by Gasteiger charge is -2.14. The monoisotopic (exact) mass is 425 g/mol. The zero-order valence-corrected chi connectivity index (χ0v) is 17.0. The molecule has 0 saturated heterocycles. The van der Waals surface area contributed by atoms with Crippen LogP contribution >= 0.6 is 11.6 Å². The van der Waals surface area contributed by atoms with E-state index in [0.717, 1.165) is 11.1 Å². The minimum Gasteiger partial charge on any atom is -0.389 e. The first-order chi connectivity index (χ1) is 14.5. The standard InChI is InChI=1S/C22H20ClN3O4/c1-14-19-20(16-5-3-2-4-6-16)24-26(22(28)21(19)25-30-14)11-18(27)13-29-12-15-7-9-17(23)10-8-15/h2-10,18,27H,11-13H2,1H3. The van der Waals surface area contributed by atoms with Gasteiger partial charge >= 0.3 is 0 Å². The topological polar surface area (TPSA) is 90.4 Å². The zero-order valence-electron chi connectivity index (χ0n) is 16.3. The number of hydrogen-bond donors (Lipinski definition) is 1. The number of benzene rings is 2. The first-order valence-corrected chi connectivity index (χ1v) is 9.83. The third-order valence-electron chi connectivity index (χ3n) is 4.68. The second-order valence-corrected chi connectivity index (χ2v) is 7.40. The minimum atomic E-state index is -0.920. The lowest BCUT2D eigenvalue weighted by Crippen LogP contribution is -2.31. The van der Waals surface area contributed by atoms with Gasteiger partial charge < -0.3 is 14.4 Å². The van der Waals surface area contributed by atoms with Crippen LogP contribution in [0.25, 0.3) is 22.2 Å². The van der Waals surface area contributed by atoms with Crippen molar-refractivity contribution in [3.8, 4) is 11.3 Å². The number of aryl methyl sites for hydroxylation is 1. The largest absolute Gasteiger partial charge is 0.389 e. The summed E-state index contributed by atoms with van der Waals surface area (Å²) in [5.41, 5.74) is 2.12. The zero-order chi connectivity index (χ0) is 21.1. The number of ether oxygens (including phenoxy) is 1. The van der Waals surface area contributed by atoms with Crippen LogP contribution in [0.2, 0.25) is 5.02 Å². The summed E-state index contributed by atoms with van der Waals surface area (Å²) in [5, 5.41) is 20.0. The number of aliphatic hydroxyl groups is 1. The van der Waals surface area contributed by atoms with E-state index in [4.69, 9.17) is 20.9 Å². The predicted molar refractivity (Wildman–Crippen MR) is 113 cm³/mol. The van der Waals surface area contributed by atoms with E-state index < -0.39 is 11.7 Å². The van der Waals surface area contributed by atoms with Crippen molar-refractivity contribution in [1.82, 2.24) is 14.9 Å². The van der Waals surface area contributed by atoms with Crippen molar-refractivity contribution in [1.29, 1.82) is 0 Å². The molecule has 0 amide bonds. The second-order valence-electron chi connectivity index (χ2n) is 6.96. The van der Waals surface area contributed by atoms with Gasteiger partial charge in [0.05, 0.1) is 31.2 Å². The highest BCUT2D eigenvalue weighted by Crippen LogP contribution is 2.26. The molecule has 0 aliphatic carbocycles. The summed E-state index contributed by atoms with van der Waals surface area (Å²) in [7, 11) is 0. The molecule has 0 spiro atoms. The fraction of sp³-hybridized carbons (Fsp3) is 0.227. The molecule has 4 rings (SSSR count). The highest BCUT2D eigenvalue weighted by Gasteiger charge is 2.20. The van der Waals surface area contributed by atoms with Crippen LogP contribution in [-0.2, 0) is 17.9 Å². The molecule has 0 aliphatic heterocycles. The highest BCUT2D eigenvalue weighted by molar-refractivity contribution is 6.30. The highest BCUT2D eigenvalue weighted by atomic mass is 35.5. The molecule has 30 heavy (non-hydrogen) atoms. The van der Waals surface area contributed by atoms with Crippen LogP contribution in [0.1, 0.15) is 11.3 Å². The Morgan fingerprint density at radius 2 is 1.90 bits per heavy atom. The van der Waals surface area contributed by atoms with Gasteiger partial charge in [-0.1, -0.05) is 59.2 Å². The number of rotatable bonds is 7. The van der Waals surface area contributed by atoms with Crippen molar-refractivity contribution in [3.63, 3.8) is 0 Å². The van der Waals surface area contributed by atoms with Gasteiger partial charge in [0.15, 0.2) is 5.52 Å². The van der Waals surface area contributed by atoms with Crippen LogP contribution in [0, 0.1) is 6.92 Å². The number of halogens is 1. The Morgan fingerprint density at radius 3 is 2.63 bits per heavy atom. The van der Waals surface area contributed by atoms with Gasteiger partial charge in [-0.3, -0.25) is 4.79 Å². The van der Waals surface area contributed by atoms with Crippen LogP contribution in [0.3, 0.4) is 0 Å². The molecule has 2 aromatic carbocycles. The summed E-state index contributed by atoms with van der Waals surface area (Å²) < 4.78 is 12.0. The van der Waals surface area contributed by atoms with Gasteiger partial charge in [0.2, 0.25) is 0 Å². The molecule has 1 atom stereocenters. The fourth-order valence-electron chi connectivity index (χ4n) is 3.20. The molecule has 2 heterocycles. The van der Waals surface area contributed by atoms with E-state index in [1.165, 1.54) is 4.68 Å². The van der Waals surface area contributed by atoms with Crippen LogP contribution in [0.4, 0.5) is 0 Å². The SMILES string of the molecule is Cc1onc2c(=O)n(CC(O)COCc3ccc(Cl)cc3)nc(-c3ccccc3)c12. The maximum absolute atomic E-state index is 12.8. The lowest BCUT2D eigenvalue weighted by atomic mass is 10.1. The van der Waals surface area contributed by atoms with E-state index in [9.17, 15) is 9.90 Å². The van der Waals surface area contributed by atoms with Gasteiger partial charge in [0, 0.05) is 10.6 Å². The number of aromatic nitrogens is 3. The molecule has 0 radical (unpaired) electrons. The molecule has 7 nitrogen and oxygen atoms in total. The van der Waals surface area contributed by atoms with E-state index in [1.807, 2.05) is 42.5 Å². The van der Waals surface area contributed by atoms with Crippen LogP contribution in [0.5, 0.6) is 0 Å². The van der Waals surface area contributed by atoms with E-state index in [2.05, 4.69) is 10.3 Å². The summed E-state index contributed by atoms with van der Waals surface area (Å²) in [6.07, 6.45) is -0.920. The molecule has 154 valence electrons. The molecular formula is C22H20ClN3O4. The number of hydrogen-bond acceptors (Lipinski definition) is 6. The maximum Gasteiger partial charge on any atom is 0.296 e. The normalized spacial score (nSPS) is 12.4. The van der Waals surface area contributed by atoms with E-state index in [0.29, 0.717) is 28.5 Å². The Balaban J connectivity index is 1.54. The van der Waals surface area contributed by atoms with E-state index in [1.54, 1.807) is 19.1 Å². The summed E-state index contributed by atoms with van der Waals surface area (Å²) in [6.45, 7) is 2.09. The molecular weight excluding hydrogens is 406 g/mol. The van der Waals surface area contributed by atoms with Gasteiger partial charge in [0.25, 0.3) is 5.56 Å². The number of nitrogens with zero attached hydrogens (tertiary/aromatic N) is 3. The van der Waals surface area contributed by atoms with Crippen molar-refractivity contribution in [3.05, 3.63) is 81.3 Å². The van der Waals surface area contributed by atoms with Crippen molar-refractivity contribution in [2.75, 3.05) is 6.61 Å². The summed E-state index contributed by atoms with van der Waals surface area (Å²) >= 11 is 5.87. The molecule has 0 bridgehead atoms. The van der Waals surface area contributed by atoms with Crippen LogP contribution in [0.15, 0.2) is 63.9 Å². The lowest BCUT2D eigenvalue weighted by molar-refractivity contribution is 0.0181. The van der Waals surface area contributed by atoms with E-state index >= 15 is 0 Å². The van der Waals surface area contributed by atoms with Gasteiger partial charge in [0.1, 0.15) is 11.5 Å². The number of aliphatic hydroxyl groups excluding tert-OH is 1. The summed E-state index contributed by atoms with van der Waals surface area (Å²) in [5.74, 6) is 0.521. The predicted octanol–water partition coefficient (Wildman–Crippen LogP) is 3.59. The molecule has 0 saturated carbocycles. The number of fused-ring (bicyclic) bond motifs is 1. The van der Waals surface area contributed by atoms with Gasteiger partial charge in [-0.15, -0.1) is 0 Å². The Bertz CT molecular complexity index is 1200. The second kappa shape index (κ2) is 8.79. The fourth-order valence-corrected chi connectivity index (χ4v) is 3.33. The van der Waals surface area contributed by atoms with Crippen LogP contribution in [-0.4, -0.2) is 32.8 Å². The Labute approximate surface area is 177 Å². The average Bonchev–Trinajstić information content (AvgIpc) is 3.14. The van der Waals surface area contributed by atoms with Crippen molar-refractivity contribution >= 4 is 22.5 Å². The van der Waals surface area contributed by atoms with Gasteiger partial charge in [-0.2, -0.15) is 5.10 Å². The molecule has 8 heteroatoms. The maximum atomic E-state index is 12.8. The Hall–Kier alpha value is -3.00. The third kappa shape index (κ3) is 4.28. The Morgan fingerprint density at radius 1 is 1.17 bits per heavy atom.